The van der Waals surface area contributed by atoms with E-state index in [1.807, 2.05) is 0 Å². The Labute approximate surface area is 71.3 Å². The molecule has 1 rings (SSSR count). The van der Waals surface area contributed by atoms with Crippen LogP contribution in [0.4, 0.5) is 0 Å². The molecular formula is C8H13NO3. The Morgan fingerprint density at radius 2 is 1.92 bits per heavy atom. The standard InChI is InChI=1S/C8H13NO3/c1-12-8(10)6-2-4-7(9-11)5-3-6/h6-7H,2-5H2,1H3. The van der Waals surface area contributed by atoms with Gasteiger partial charge in [0.15, 0.2) is 0 Å². The maximum absolute atomic E-state index is 11.0. The Kier molecular flexibility index (Phi) is 3.19. The zero-order valence-corrected chi connectivity index (χ0v) is 7.16. The van der Waals surface area contributed by atoms with Crippen LogP contribution in [0.2, 0.25) is 0 Å². The molecule has 0 unspecified atom stereocenters. The van der Waals surface area contributed by atoms with E-state index in [4.69, 9.17) is 0 Å². The van der Waals surface area contributed by atoms with Crippen molar-refractivity contribution in [3.05, 3.63) is 4.91 Å². The average Bonchev–Trinajstić information content (AvgIpc) is 2.17. The Balaban J connectivity index is 2.35. The summed E-state index contributed by atoms with van der Waals surface area (Å²) in [6.07, 6.45) is 2.93. The van der Waals surface area contributed by atoms with Crippen LogP contribution in [0.25, 0.3) is 0 Å². The van der Waals surface area contributed by atoms with Crippen molar-refractivity contribution in [1.29, 1.82) is 0 Å². The van der Waals surface area contributed by atoms with Crippen LogP contribution in [0.5, 0.6) is 0 Å². The molecular weight excluding hydrogens is 158 g/mol. The second-order valence-electron chi connectivity index (χ2n) is 3.13. The van der Waals surface area contributed by atoms with Crippen LogP contribution >= 0.6 is 0 Å². The number of hydrogen-bond donors (Lipinski definition) is 0. The SMILES string of the molecule is COC(=O)C1CCC(N=O)CC1. The summed E-state index contributed by atoms with van der Waals surface area (Å²) in [6.45, 7) is 0. The van der Waals surface area contributed by atoms with Gasteiger partial charge in [-0.05, 0) is 25.7 Å². The highest BCUT2D eigenvalue weighted by Gasteiger charge is 2.26. The summed E-state index contributed by atoms with van der Waals surface area (Å²) in [4.78, 5) is 21.2. The number of methoxy groups -OCH3 is 1. The minimum atomic E-state index is -0.153. The second-order valence-corrected chi connectivity index (χ2v) is 3.13. The Morgan fingerprint density at radius 1 is 1.33 bits per heavy atom. The lowest BCUT2D eigenvalue weighted by Crippen LogP contribution is -2.24. The van der Waals surface area contributed by atoms with Crippen LogP contribution < -0.4 is 0 Å². The lowest BCUT2D eigenvalue weighted by atomic mass is 9.86. The number of nitrogens with zero attached hydrogens (tertiary/aromatic N) is 1. The number of ether oxygens (including phenoxy) is 1. The van der Waals surface area contributed by atoms with Crippen molar-refractivity contribution in [2.45, 2.75) is 31.7 Å². The molecule has 4 nitrogen and oxygen atoms in total. The molecule has 68 valence electrons. The number of carbonyl (C=O) groups is 1. The van der Waals surface area contributed by atoms with Crippen molar-refractivity contribution in [2.75, 3.05) is 7.11 Å². The number of esters is 1. The highest BCUT2D eigenvalue weighted by molar-refractivity contribution is 5.72. The van der Waals surface area contributed by atoms with Crippen LogP contribution in [-0.4, -0.2) is 19.1 Å². The molecule has 0 amide bonds. The van der Waals surface area contributed by atoms with E-state index in [2.05, 4.69) is 9.91 Å². The smallest absolute Gasteiger partial charge is 0.308 e. The maximum Gasteiger partial charge on any atom is 0.308 e. The largest absolute Gasteiger partial charge is 0.469 e. The number of hydrogen-bond acceptors (Lipinski definition) is 4. The molecule has 1 aliphatic carbocycles. The monoisotopic (exact) mass is 171 g/mol. The van der Waals surface area contributed by atoms with Gasteiger partial charge in [0.1, 0.15) is 0 Å². The van der Waals surface area contributed by atoms with E-state index in [-0.39, 0.29) is 17.9 Å². The van der Waals surface area contributed by atoms with Gasteiger partial charge in [-0.1, -0.05) is 5.18 Å². The fourth-order valence-electron chi connectivity index (χ4n) is 1.58. The van der Waals surface area contributed by atoms with Crippen molar-refractivity contribution in [1.82, 2.24) is 0 Å². The molecule has 0 aliphatic heterocycles. The van der Waals surface area contributed by atoms with Crippen molar-refractivity contribution in [3.8, 4) is 0 Å². The van der Waals surface area contributed by atoms with E-state index < -0.39 is 0 Å². The fraction of sp³-hybridized carbons (Fsp3) is 0.875. The van der Waals surface area contributed by atoms with Crippen molar-refractivity contribution in [2.24, 2.45) is 11.1 Å². The van der Waals surface area contributed by atoms with Gasteiger partial charge in [-0.3, -0.25) is 4.79 Å². The molecule has 0 radical (unpaired) electrons. The van der Waals surface area contributed by atoms with E-state index in [1.165, 1.54) is 7.11 Å². The summed E-state index contributed by atoms with van der Waals surface area (Å²) in [5, 5.41) is 2.96. The molecule has 0 atom stereocenters. The second kappa shape index (κ2) is 4.18. The van der Waals surface area contributed by atoms with E-state index in [1.54, 1.807) is 0 Å². The first kappa shape index (κ1) is 9.16. The van der Waals surface area contributed by atoms with Gasteiger partial charge in [-0.25, -0.2) is 0 Å². The molecule has 1 aliphatic rings. The van der Waals surface area contributed by atoms with Gasteiger partial charge in [0.2, 0.25) is 0 Å². The normalized spacial score (nSPS) is 29.4. The highest BCUT2D eigenvalue weighted by atomic mass is 16.5. The molecule has 0 heterocycles. The molecule has 4 heteroatoms. The lowest BCUT2D eigenvalue weighted by Gasteiger charge is -2.21. The Bertz CT molecular complexity index is 173. The minimum Gasteiger partial charge on any atom is -0.469 e. The number of carbonyl (C=O) groups excluding carboxylic acids is 1. The first-order valence-corrected chi connectivity index (χ1v) is 4.18. The molecule has 0 saturated heterocycles. The summed E-state index contributed by atoms with van der Waals surface area (Å²) in [7, 11) is 1.40. The van der Waals surface area contributed by atoms with Gasteiger partial charge < -0.3 is 4.74 Å². The maximum atomic E-state index is 11.0. The Hall–Kier alpha value is -0.930. The zero-order chi connectivity index (χ0) is 8.97. The zero-order valence-electron chi connectivity index (χ0n) is 7.16. The van der Waals surface area contributed by atoms with Gasteiger partial charge in [0, 0.05) is 0 Å². The third kappa shape index (κ3) is 2.03. The highest BCUT2D eigenvalue weighted by Crippen LogP contribution is 2.26. The first-order valence-electron chi connectivity index (χ1n) is 4.18. The van der Waals surface area contributed by atoms with Crippen LogP contribution in [0.1, 0.15) is 25.7 Å². The van der Waals surface area contributed by atoms with Crippen LogP contribution in [-0.2, 0) is 9.53 Å². The van der Waals surface area contributed by atoms with Crippen LogP contribution in [0, 0.1) is 10.8 Å². The average molecular weight is 171 g/mol. The third-order valence-corrected chi connectivity index (χ3v) is 2.38. The van der Waals surface area contributed by atoms with Gasteiger partial charge >= 0.3 is 5.97 Å². The molecule has 1 fully saturated rings. The summed E-state index contributed by atoms with van der Waals surface area (Å²) in [6, 6.07) is -0.0779. The lowest BCUT2D eigenvalue weighted by molar-refractivity contribution is -0.146. The van der Waals surface area contributed by atoms with E-state index in [9.17, 15) is 9.70 Å². The molecule has 0 N–H and O–H groups in total. The molecule has 12 heavy (non-hydrogen) atoms. The van der Waals surface area contributed by atoms with E-state index in [0.717, 1.165) is 25.7 Å². The van der Waals surface area contributed by atoms with Crippen molar-refractivity contribution >= 4 is 5.97 Å². The molecule has 0 aromatic heterocycles. The number of rotatable bonds is 2. The quantitative estimate of drug-likeness (QED) is 0.467. The molecule has 0 spiro atoms. The number of nitroso groups, excluding NO2 is 1. The summed E-state index contributed by atoms with van der Waals surface area (Å²) >= 11 is 0. The first-order chi connectivity index (χ1) is 5.77. The molecule has 0 bridgehead atoms. The predicted octanol–water partition coefficient (Wildman–Crippen LogP) is 1.48. The predicted molar refractivity (Wildman–Crippen MR) is 43.6 cm³/mol. The topological polar surface area (TPSA) is 55.7 Å². The van der Waals surface area contributed by atoms with Crippen molar-refractivity contribution in [3.63, 3.8) is 0 Å². The fourth-order valence-corrected chi connectivity index (χ4v) is 1.58. The van der Waals surface area contributed by atoms with Gasteiger partial charge in [0.25, 0.3) is 0 Å². The van der Waals surface area contributed by atoms with Crippen molar-refractivity contribution < 1.29 is 9.53 Å². The van der Waals surface area contributed by atoms with E-state index >= 15 is 0 Å². The Morgan fingerprint density at radius 3 is 2.33 bits per heavy atom. The van der Waals surface area contributed by atoms with Gasteiger partial charge in [-0.2, -0.15) is 4.91 Å². The summed E-state index contributed by atoms with van der Waals surface area (Å²) < 4.78 is 4.61. The summed E-state index contributed by atoms with van der Waals surface area (Å²) in [5.41, 5.74) is 0. The molecule has 1 saturated carbocycles. The summed E-state index contributed by atoms with van der Waals surface area (Å²) in [5.74, 6) is -0.160. The van der Waals surface area contributed by atoms with Gasteiger partial charge in [0.05, 0.1) is 19.1 Å². The molecule has 0 aromatic rings. The van der Waals surface area contributed by atoms with Crippen LogP contribution in [0.3, 0.4) is 0 Å². The van der Waals surface area contributed by atoms with Gasteiger partial charge in [-0.15, -0.1) is 0 Å². The van der Waals surface area contributed by atoms with Crippen LogP contribution in [0.15, 0.2) is 5.18 Å². The third-order valence-electron chi connectivity index (χ3n) is 2.38. The molecule has 0 aromatic carbocycles. The van der Waals surface area contributed by atoms with E-state index in [0.29, 0.717) is 0 Å². The minimum absolute atomic E-state index is 0.00648.